The summed E-state index contributed by atoms with van der Waals surface area (Å²) in [5, 5.41) is 1.10. The van der Waals surface area contributed by atoms with Gasteiger partial charge in [0.1, 0.15) is 6.33 Å². The van der Waals surface area contributed by atoms with Gasteiger partial charge in [0.05, 0.1) is 5.52 Å². The van der Waals surface area contributed by atoms with E-state index in [4.69, 9.17) is 0 Å². The third-order valence-electron chi connectivity index (χ3n) is 2.20. The Kier molecular flexibility index (Phi) is 4.22. The fourth-order valence-electron chi connectivity index (χ4n) is 1.35. The minimum absolute atomic E-state index is 0.555. The summed E-state index contributed by atoms with van der Waals surface area (Å²) in [6, 6.07) is 6.34. The van der Waals surface area contributed by atoms with E-state index in [0.717, 1.165) is 10.9 Å². The van der Waals surface area contributed by atoms with Gasteiger partial charge in [-0.05, 0) is 17.5 Å². The van der Waals surface area contributed by atoms with Crippen LogP contribution in [0.25, 0.3) is 10.9 Å². The molecular formula is C13H18N2. The van der Waals surface area contributed by atoms with Crippen LogP contribution in [0.2, 0.25) is 0 Å². The first-order valence-corrected chi connectivity index (χ1v) is 5.47. The van der Waals surface area contributed by atoms with Crippen LogP contribution in [0.5, 0.6) is 0 Å². The molecule has 0 amide bonds. The summed E-state index contributed by atoms with van der Waals surface area (Å²) >= 11 is 0. The van der Waals surface area contributed by atoms with Gasteiger partial charge < -0.3 is 0 Å². The zero-order chi connectivity index (χ0) is 11.3. The van der Waals surface area contributed by atoms with E-state index in [1.807, 2.05) is 20.0 Å². The predicted molar refractivity (Wildman–Crippen MR) is 65.0 cm³/mol. The molecule has 0 unspecified atom stereocenters. The minimum atomic E-state index is 0.555. The second-order valence-electron chi connectivity index (χ2n) is 3.50. The summed E-state index contributed by atoms with van der Waals surface area (Å²) < 4.78 is 0. The van der Waals surface area contributed by atoms with Crippen LogP contribution in [0.15, 0.2) is 30.7 Å². The maximum atomic E-state index is 4.21. The normalized spacial score (nSPS) is 9.93. The first-order chi connectivity index (χ1) is 7.27. The van der Waals surface area contributed by atoms with Crippen LogP contribution < -0.4 is 0 Å². The molecule has 0 saturated heterocycles. The molecule has 2 aromatic rings. The van der Waals surface area contributed by atoms with Crippen LogP contribution in [0.3, 0.4) is 0 Å². The van der Waals surface area contributed by atoms with Crippen molar-refractivity contribution in [1.82, 2.24) is 9.97 Å². The Labute approximate surface area is 91.4 Å². The molecule has 1 heterocycles. The van der Waals surface area contributed by atoms with Gasteiger partial charge in [-0.1, -0.05) is 39.8 Å². The summed E-state index contributed by atoms with van der Waals surface area (Å²) in [6.45, 7) is 8.37. The summed E-state index contributed by atoms with van der Waals surface area (Å²) in [5.41, 5.74) is 2.35. The quantitative estimate of drug-likeness (QED) is 0.703. The summed E-state index contributed by atoms with van der Waals surface area (Å²) in [7, 11) is 0. The molecule has 2 rings (SSSR count). The molecule has 0 spiro atoms. The Morgan fingerprint density at radius 3 is 2.53 bits per heavy atom. The number of aromatic nitrogens is 2. The molecule has 0 atom stereocenters. The zero-order valence-electron chi connectivity index (χ0n) is 9.86. The highest BCUT2D eigenvalue weighted by atomic mass is 14.8. The van der Waals surface area contributed by atoms with Gasteiger partial charge in [0.25, 0.3) is 0 Å². The number of rotatable bonds is 1. The molecular weight excluding hydrogens is 184 g/mol. The van der Waals surface area contributed by atoms with Crippen molar-refractivity contribution in [2.24, 2.45) is 0 Å². The summed E-state index contributed by atoms with van der Waals surface area (Å²) in [5.74, 6) is 0.555. The van der Waals surface area contributed by atoms with Crippen molar-refractivity contribution < 1.29 is 0 Å². The fraction of sp³-hybridized carbons (Fsp3) is 0.385. The third-order valence-corrected chi connectivity index (χ3v) is 2.20. The van der Waals surface area contributed by atoms with Crippen molar-refractivity contribution >= 4 is 10.9 Å². The second-order valence-corrected chi connectivity index (χ2v) is 3.50. The first kappa shape index (κ1) is 11.6. The smallest absolute Gasteiger partial charge is 0.116 e. The van der Waals surface area contributed by atoms with Crippen LogP contribution in [0, 0.1) is 0 Å². The Morgan fingerprint density at radius 1 is 1.13 bits per heavy atom. The SMILES string of the molecule is CC.CC(C)c1ccc2cncnc2c1. The highest BCUT2D eigenvalue weighted by molar-refractivity contribution is 5.78. The molecule has 0 saturated carbocycles. The number of hydrogen-bond donors (Lipinski definition) is 0. The standard InChI is InChI=1S/C11H12N2.C2H6/c1-8(2)9-3-4-10-6-12-7-13-11(10)5-9;1-2/h3-8H,1-2H3;1-2H3. The zero-order valence-corrected chi connectivity index (χ0v) is 9.86. The lowest BCUT2D eigenvalue weighted by molar-refractivity contribution is 0.868. The lowest BCUT2D eigenvalue weighted by atomic mass is 10.0. The van der Waals surface area contributed by atoms with Gasteiger partial charge in [-0.2, -0.15) is 0 Å². The predicted octanol–water partition coefficient (Wildman–Crippen LogP) is 3.78. The van der Waals surface area contributed by atoms with Crippen molar-refractivity contribution in [1.29, 1.82) is 0 Å². The molecule has 1 aromatic carbocycles. The average molecular weight is 202 g/mol. The van der Waals surface area contributed by atoms with Crippen molar-refractivity contribution in [3.8, 4) is 0 Å². The van der Waals surface area contributed by atoms with Crippen molar-refractivity contribution in [2.75, 3.05) is 0 Å². The van der Waals surface area contributed by atoms with E-state index >= 15 is 0 Å². The fourth-order valence-corrected chi connectivity index (χ4v) is 1.35. The average Bonchev–Trinajstić information content (AvgIpc) is 2.31. The molecule has 0 aliphatic rings. The molecule has 2 nitrogen and oxygen atoms in total. The van der Waals surface area contributed by atoms with Gasteiger partial charge in [-0.15, -0.1) is 0 Å². The molecule has 0 aliphatic heterocycles. The Hall–Kier alpha value is -1.44. The van der Waals surface area contributed by atoms with Crippen LogP contribution in [-0.4, -0.2) is 9.97 Å². The van der Waals surface area contributed by atoms with Crippen LogP contribution in [-0.2, 0) is 0 Å². The summed E-state index contributed by atoms with van der Waals surface area (Å²) in [6.07, 6.45) is 3.43. The first-order valence-electron chi connectivity index (χ1n) is 5.47. The number of benzene rings is 1. The molecule has 0 radical (unpaired) electrons. The van der Waals surface area contributed by atoms with Gasteiger partial charge in [-0.25, -0.2) is 9.97 Å². The van der Waals surface area contributed by atoms with Gasteiger partial charge in [-0.3, -0.25) is 0 Å². The van der Waals surface area contributed by atoms with Gasteiger partial charge >= 0.3 is 0 Å². The molecule has 2 heteroatoms. The Morgan fingerprint density at radius 2 is 1.87 bits per heavy atom. The summed E-state index contributed by atoms with van der Waals surface area (Å²) in [4.78, 5) is 8.19. The van der Waals surface area contributed by atoms with E-state index in [1.165, 1.54) is 5.56 Å². The van der Waals surface area contributed by atoms with E-state index < -0.39 is 0 Å². The molecule has 0 aliphatic carbocycles. The van der Waals surface area contributed by atoms with Gasteiger partial charge in [0, 0.05) is 11.6 Å². The van der Waals surface area contributed by atoms with E-state index in [-0.39, 0.29) is 0 Å². The van der Waals surface area contributed by atoms with Gasteiger partial charge in [0.2, 0.25) is 0 Å². The molecule has 0 bridgehead atoms. The van der Waals surface area contributed by atoms with E-state index in [1.54, 1.807) is 6.33 Å². The Bertz CT molecular complexity index is 422. The number of nitrogens with zero attached hydrogens (tertiary/aromatic N) is 2. The monoisotopic (exact) mass is 202 g/mol. The van der Waals surface area contributed by atoms with E-state index in [2.05, 4.69) is 42.0 Å². The van der Waals surface area contributed by atoms with Crippen LogP contribution in [0.1, 0.15) is 39.2 Å². The third kappa shape index (κ3) is 2.75. The van der Waals surface area contributed by atoms with E-state index in [9.17, 15) is 0 Å². The Balaban J connectivity index is 0.000000531. The lowest BCUT2D eigenvalue weighted by Crippen LogP contribution is -1.88. The molecule has 80 valence electrons. The van der Waals surface area contributed by atoms with E-state index in [0.29, 0.717) is 5.92 Å². The van der Waals surface area contributed by atoms with Crippen molar-refractivity contribution in [3.05, 3.63) is 36.3 Å². The van der Waals surface area contributed by atoms with Crippen molar-refractivity contribution in [2.45, 2.75) is 33.6 Å². The van der Waals surface area contributed by atoms with Crippen LogP contribution in [0.4, 0.5) is 0 Å². The maximum absolute atomic E-state index is 4.21. The molecule has 0 N–H and O–H groups in total. The molecule has 15 heavy (non-hydrogen) atoms. The largest absolute Gasteiger partial charge is 0.244 e. The number of fused-ring (bicyclic) bond motifs is 1. The van der Waals surface area contributed by atoms with Crippen molar-refractivity contribution in [3.63, 3.8) is 0 Å². The highest BCUT2D eigenvalue weighted by Gasteiger charge is 2.00. The van der Waals surface area contributed by atoms with Gasteiger partial charge in [0.15, 0.2) is 0 Å². The highest BCUT2D eigenvalue weighted by Crippen LogP contribution is 2.18. The maximum Gasteiger partial charge on any atom is 0.116 e. The molecule has 1 aromatic heterocycles. The van der Waals surface area contributed by atoms with Crippen LogP contribution >= 0.6 is 0 Å². The lowest BCUT2D eigenvalue weighted by Gasteiger charge is -2.05. The second kappa shape index (κ2) is 5.44. The number of hydrogen-bond acceptors (Lipinski definition) is 2. The topological polar surface area (TPSA) is 25.8 Å². The minimum Gasteiger partial charge on any atom is -0.244 e. The molecule has 0 fully saturated rings.